The molecule has 1 atom stereocenters. The van der Waals surface area contributed by atoms with Gasteiger partial charge in [-0.05, 0) is 12.1 Å². The monoisotopic (exact) mass is 396 g/mol. The van der Waals surface area contributed by atoms with E-state index in [4.69, 9.17) is 36.1 Å². The predicted octanol–water partition coefficient (Wildman–Crippen LogP) is 2.13. The summed E-state index contributed by atoms with van der Waals surface area (Å²) in [5, 5.41) is 16.2. The summed E-state index contributed by atoms with van der Waals surface area (Å²) < 4.78 is 43.1. The summed E-state index contributed by atoms with van der Waals surface area (Å²) in [4.78, 5) is 13.0. The Hall–Kier alpha value is -3.68. The Morgan fingerprint density at radius 2 is 1.96 bits per heavy atom. The van der Waals surface area contributed by atoms with Crippen molar-refractivity contribution in [3.63, 3.8) is 0 Å². The molecule has 8 nitrogen and oxygen atoms in total. The van der Waals surface area contributed by atoms with Gasteiger partial charge in [0.15, 0.2) is 0 Å². The molecule has 0 bridgehead atoms. The number of carbonyl (C=O) groups is 1. The van der Waals surface area contributed by atoms with Crippen molar-refractivity contribution in [1.82, 2.24) is 4.98 Å². The maximum atomic E-state index is 10.6. The summed E-state index contributed by atoms with van der Waals surface area (Å²) in [5.41, 5.74) is 12.9. The molecule has 148 valence electrons. The Balaban J connectivity index is 0.000000345. The first-order valence-electron chi connectivity index (χ1n) is 7.76. The van der Waals surface area contributed by atoms with Gasteiger partial charge in [0.2, 0.25) is 5.88 Å². The highest BCUT2D eigenvalue weighted by Gasteiger charge is 2.38. The van der Waals surface area contributed by atoms with E-state index in [2.05, 4.69) is 4.98 Å². The summed E-state index contributed by atoms with van der Waals surface area (Å²) in [5.74, 6) is -1.49. The Bertz CT molecular complexity index is 898. The largest absolute Gasteiger partial charge is 0.490 e. The SMILES string of the molecule is N#Cc1c(N)nc2c(c1N)CC(COc1ccccc1)O2.O=C(O)C(F)(F)F. The van der Waals surface area contributed by atoms with E-state index in [1.54, 1.807) is 0 Å². The number of nitrogen functional groups attached to an aromatic ring is 2. The zero-order valence-electron chi connectivity index (χ0n) is 14.2. The van der Waals surface area contributed by atoms with Crippen molar-refractivity contribution in [3.05, 3.63) is 41.5 Å². The number of benzene rings is 1. The van der Waals surface area contributed by atoms with E-state index >= 15 is 0 Å². The van der Waals surface area contributed by atoms with Crippen molar-refractivity contribution < 1.29 is 32.5 Å². The fraction of sp³-hybridized carbons (Fsp3) is 0.235. The second kappa shape index (κ2) is 8.34. The van der Waals surface area contributed by atoms with E-state index in [0.717, 1.165) is 11.3 Å². The molecular weight excluding hydrogens is 381 g/mol. The van der Waals surface area contributed by atoms with Crippen LogP contribution in [-0.2, 0) is 11.2 Å². The van der Waals surface area contributed by atoms with Crippen LogP contribution in [0.15, 0.2) is 30.3 Å². The van der Waals surface area contributed by atoms with Gasteiger partial charge in [-0.2, -0.15) is 23.4 Å². The van der Waals surface area contributed by atoms with Gasteiger partial charge in [0.25, 0.3) is 0 Å². The van der Waals surface area contributed by atoms with Gasteiger partial charge in [-0.3, -0.25) is 0 Å². The van der Waals surface area contributed by atoms with Gasteiger partial charge in [-0.1, -0.05) is 18.2 Å². The van der Waals surface area contributed by atoms with E-state index in [9.17, 15) is 13.2 Å². The molecule has 1 aliphatic rings. The lowest BCUT2D eigenvalue weighted by Gasteiger charge is -2.11. The highest BCUT2D eigenvalue weighted by atomic mass is 19.4. The number of aromatic nitrogens is 1. The maximum Gasteiger partial charge on any atom is 0.490 e. The lowest BCUT2D eigenvalue weighted by molar-refractivity contribution is -0.192. The molecule has 3 rings (SSSR count). The van der Waals surface area contributed by atoms with Gasteiger partial charge in [-0.25, -0.2) is 4.79 Å². The number of fused-ring (bicyclic) bond motifs is 1. The van der Waals surface area contributed by atoms with Crippen molar-refractivity contribution in [1.29, 1.82) is 5.26 Å². The predicted molar refractivity (Wildman–Crippen MR) is 91.5 cm³/mol. The number of nitriles is 1. The van der Waals surface area contributed by atoms with Crippen LogP contribution in [0, 0.1) is 11.3 Å². The van der Waals surface area contributed by atoms with Crippen LogP contribution in [0.3, 0.4) is 0 Å². The van der Waals surface area contributed by atoms with Gasteiger partial charge in [0, 0.05) is 12.0 Å². The number of aliphatic carboxylic acids is 1. The quantitative estimate of drug-likeness (QED) is 0.716. The van der Waals surface area contributed by atoms with Crippen molar-refractivity contribution in [3.8, 4) is 17.7 Å². The number of nitrogens with two attached hydrogens (primary N) is 2. The molecule has 1 aromatic heterocycles. The number of hydrogen-bond acceptors (Lipinski definition) is 7. The average Bonchev–Trinajstić information content (AvgIpc) is 3.04. The summed E-state index contributed by atoms with van der Waals surface area (Å²) >= 11 is 0. The molecule has 0 saturated carbocycles. The topological polar surface area (TPSA) is 144 Å². The Morgan fingerprint density at radius 1 is 1.36 bits per heavy atom. The van der Waals surface area contributed by atoms with E-state index < -0.39 is 12.1 Å². The van der Waals surface area contributed by atoms with Crippen molar-refractivity contribution in [2.24, 2.45) is 0 Å². The number of rotatable bonds is 3. The lowest BCUT2D eigenvalue weighted by Crippen LogP contribution is -2.22. The van der Waals surface area contributed by atoms with Gasteiger partial charge in [0.05, 0.1) is 5.69 Å². The van der Waals surface area contributed by atoms with E-state index in [1.807, 2.05) is 36.4 Å². The molecule has 28 heavy (non-hydrogen) atoms. The molecule has 0 radical (unpaired) electrons. The maximum absolute atomic E-state index is 10.6. The molecule has 1 unspecified atom stereocenters. The number of alkyl halides is 3. The van der Waals surface area contributed by atoms with E-state index in [1.165, 1.54) is 0 Å². The number of para-hydroxylation sites is 1. The molecule has 0 aliphatic carbocycles. The first kappa shape index (κ1) is 20.6. The molecule has 2 heterocycles. The van der Waals surface area contributed by atoms with E-state index in [0.29, 0.717) is 24.6 Å². The van der Waals surface area contributed by atoms with Gasteiger partial charge >= 0.3 is 12.1 Å². The third-order valence-electron chi connectivity index (χ3n) is 3.57. The first-order valence-corrected chi connectivity index (χ1v) is 7.76. The minimum absolute atomic E-state index is 0.0957. The number of hydrogen-bond donors (Lipinski definition) is 3. The zero-order chi connectivity index (χ0) is 20.9. The summed E-state index contributed by atoms with van der Waals surface area (Å²) in [6.07, 6.45) is -4.72. The number of carboxylic acids is 1. The molecule has 11 heteroatoms. The highest BCUT2D eigenvalue weighted by molar-refractivity contribution is 5.73. The number of anilines is 2. The molecule has 0 amide bonds. The summed E-state index contributed by atoms with van der Waals surface area (Å²) in [6.45, 7) is 0.377. The van der Waals surface area contributed by atoms with Crippen LogP contribution >= 0.6 is 0 Å². The second-order valence-electron chi connectivity index (χ2n) is 5.55. The fourth-order valence-corrected chi connectivity index (χ4v) is 2.28. The van der Waals surface area contributed by atoms with Crippen LogP contribution in [0.5, 0.6) is 11.6 Å². The number of ether oxygens (including phenoxy) is 2. The average molecular weight is 396 g/mol. The molecule has 0 fully saturated rings. The third kappa shape index (κ3) is 4.94. The molecule has 2 aromatic rings. The van der Waals surface area contributed by atoms with Gasteiger partial charge in [0.1, 0.15) is 35.9 Å². The second-order valence-corrected chi connectivity index (χ2v) is 5.55. The molecular formula is C17H15F3N4O4. The van der Waals surface area contributed by atoms with Crippen molar-refractivity contribution in [2.75, 3.05) is 18.1 Å². The van der Waals surface area contributed by atoms with Gasteiger partial charge < -0.3 is 26.0 Å². The van der Waals surface area contributed by atoms with Crippen molar-refractivity contribution >= 4 is 17.5 Å². The molecule has 1 aromatic carbocycles. The Labute approximate surface area is 157 Å². The van der Waals surface area contributed by atoms with Gasteiger partial charge in [-0.15, -0.1) is 0 Å². The number of nitrogens with zero attached hydrogens (tertiary/aromatic N) is 2. The fourth-order valence-electron chi connectivity index (χ4n) is 2.28. The summed E-state index contributed by atoms with van der Waals surface area (Å²) in [6, 6.07) is 11.4. The van der Waals surface area contributed by atoms with Crippen molar-refractivity contribution in [2.45, 2.75) is 18.7 Å². The van der Waals surface area contributed by atoms with Crippen LogP contribution in [0.2, 0.25) is 0 Å². The minimum Gasteiger partial charge on any atom is -0.490 e. The smallest absolute Gasteiger partial charge is 0.490 e. The first-order chi connectivity index (χ1) is 13.1. The number of halogens is 3. The van der Waals surface area contributed by atoms with Crippen LogP contribution in [0.25, 0.3) is 0 Å². The van der Waals surface area contributed by atoms with E-state index in [-0.39, 0.29) is 17.5 Å². The zero-order valence-corrected chi connectivity index (χ0v) is 14.2. The molecule has 1 aliphatic heterocycles. The van der Waals surface area contributed by atoms with Crippen LogP contribution in [-0.4, -0.2) is 34.9 Å². The molecule has 0 saturated heterocycles. The van der Waals surface area contributed by atoms with Crippen LogP contribution in [0.1, 0.15) is 11.1 Å². The lowest BCUT2D eigenvalue weighted by atomic mass is 10.1. The normalized spacial score (nSPS) is 14.7. The highest BCUT2D eigenvalue weighted by Crippen LogP contribution is 2.35. The molecule has 5 N–H and O–H groups in total. The van der Waals surface area contributed by atoms with Crippen LogP contribution in [0.4, 0.5) is 24.7 Å². The Kier molecular flexibility index (Phi) is 6.15. The standard InChI is InChI=1S/C15H14N4O2.C2HF3O2/c16-7-12-13(17)11-6-10(21-15(11)19-14(12)18)8-20-9-4-2-1-3-5-9;3-2(4,5)1(6)7/h1-5,10H,6,8H2,(H4,17,18,19);(H,6,7). The minimum atomic E-state index is -5.08. The van der Waals surface area contributed by atoms with Crippen LogP contribution < -0.4 is 20.9 Å². The number of carboxylic acid groups (broad SMARTS) is 1. The summed E-state index contributed by atoms with van der Waals surface area (Å²) in [7, 11) is 0. The Morgan fingerprint density at radius 3 is 2.50 bits per heavy atom. The molecule has 0 spiro atoms. The third-order valence-corrected chi connectivity index (χ3v) is 3.57. The number of pyridine rings is 1.